The number of hydrogen-bond donors (Lipinski definition) is 0. The predicted molar refractivity (Wildman–Crippen MR) is 208 cm³/mol. The van der Waals surface area contributed by atoms with Gasteiger partial charge in [-0.05, 0) is 77.6 Å². The Kier molecular flexibility index (Phi) is 6.26. The van der Waals surface area contributed by atoms with Gasteiger partial charge in [0, 0.05) is 33.9 Å². The quantitative estimate of drug-likeness (QED) is 0.177. The zero-order chi connectivity index (χ0) is 33.5. The summed E-state index contributed by atoms with van der Waals surface area (Å²) in [6.07, 6.45) is 4.42. The third kappa shape index (κ3) is 4.34. The summed E-state index contributed by atoms with van der Waals surface area (Å²) in [6, 6.07) is 51.5. The molecule has 0 radical (unpaired) electrons. The molecule has 0 N–H and O–H groups in total. The molecular formula is C46H32BNO3. The normalized spacial score (nSPS) is 13.8. The maximum Gasteiger partial charge on any atom is 0.260 e. The van der Waals surface area contributed by atoms with Gasteiger partial charge in [0.15, 0.2) is 5.58 Å². The van der Waals surface area contributed by atoms with Crippen LogP contribution in [0.2, 0.25) is 0 Å². The van der Waals surface area contributed by atoms with Gasteiger partial charge >= 0.3 is 0 Å². The van der Waals surface area contributed by atoms with E-state index in [1.54, 1.807) is 0 Å². The van der Waals surface area contributed by atoms with Gasteiger partial charge in [0.05, 0.1) is 17.1 Å². The van der Waals surface area contributed by atoms with Crippen molar-refractivity contribution in [1.29, 1.82) is 0 Å². The Morgan fingerprint density at radius 2 is 1.22 bits per heavy atom. The summed E-state index contributed by atoms with van der Waals surface area (Å²) in [7, 11) is 0. The van der Waals surface area contributed by atoms with Crippen LogP contribution < -0.4 is 30.8 Å². The Hall–Kier alpha value is -6.20. The first-order valence-corrected chi connectivity index (χ1v) is 17.9. The van der Waals surface area contributed by atoms with E-state index in [1.807, 2.05) is 6.07 Å². The molecule has 0 bridgehead atoms. The predicted octanol–water partition coefficient (Wildman–Crippen LogP) is 10.3. The average molecular weight is 658 g/mol. The average Bonchev–Trinajstić information content (AvgIpc) is 3.58. The molecule has 0 fully saturated rings. The van der Waals surface area contributed by atoms with Crippen molar-refractivity contribution in [2.24, 2.45) is 0 Å². The van der Waals surface area contributed by atoms with Crippen LogP contribution in [-0.2, 0) is 12.8 Å². The van der Waals surface area contributed by atoms with E-state index in [0.717, 1.165) is 92.0 Å². The molecule has 3 heterocycles. The summed E-state index contributed by atoms with van der Waals surface area (Å²) in [5.41, 5.74) is 13.4. The lowest BCUT2D eigenvalue weighted by molar-refractivity contribution is 0.465. The molecule has 0 unspecified atom stereocenters. The van der Waals surface area contributed by atoms with Gasteiger partial charge < -0.3 is 18.8 Å². The maximum absolute atomic E-state index is 6.83. The molecule has 242 valence electrons. The Balaban J connectivity index is 1.24. The topological polar surface area (TPSA) is 34.8 Å². The highest BCUT2D eigenvalue weighted by atomic mass is 16.5. The zero-order valence-corrected chi connectivity index (χ0v) is 27.9. The summed E-state index contributed by atoms with van der Waals surface area (Å²) in [6.45, 7) is 0.00979. The molecule has 5 heteroatoms. The van der Waals surface area contributed by atoms with Crippen molar-refractivity contribution >= 4 is 62.1 Å². The first kappa shape index (κ1) is 28.6. The highest BCUT2D eigenvalue weighted by Crippen LogP contribution is 2.50. The Labute approximate surface area is 296 Å². The third-order valence-corrected chi connectivity index (χ3v) is 11.0. The number of anilines is 3. The molecule has 2 aliphatic heterocycles. The zero-order valence-electron chi connectivity index (χ0n) is 27.9. The number of para-hydroxylation sites is 4. The fourth-order valence-corrected chi connectivity index (χ4v) is 8.72. The molecule has 0 saturated heterocycles. The second-order valence-corrected chi connectivity index (χ2v) is 13.8. The van der Waals surface area contributed by atoms with Crippen molar-refractivity contribution in [1.82, 2.24) is 0 Å². The number of rotatable bonds is 4. The van der Waals surface area contributed by atoms with Crippen LogP contribution in [0.5, 0.6) is 23.0 Å². The molecule has 8 aromatic rings. The second kappa shape index (κ2) is 11.2. The molecule has 3 aliphatic rings. The van der Waals surface area contributed by atoms with E-state index in [2.05, 4.69) is 144 Å². The van der Waals surface area contributed by atoms with Crippen LogP contribution in [0.4, 0.5) is 17.1 Å². The highest BCUT2D eigenvalue weighted by molar-refractivity contribution is 6.98. The molecule has 0 amide bonds. The van der Waals surface area contributed by atoms with Crippen molar-refractivity contribution in [2.75, 3.05) is 4.90 Å². The van der Waals surface area contributed by atoms with Gasteiger partial charge in [-0.3, -0.25) is 0 Å². The van der Waals surface area contributed by atoms with E-state index in [1.165, 1.54) is 34.4 Å². The van der Waals surface area contributed by atoms with Crippen molar-refractivity contribution in [2.45, 2.75) is 25.7 Å². The lowest BCUT2D eigenvalue weighted by Gasteiger charge is -2.36. The fourth-order valence-electron chi connectivity index (χ4n) is 8.72. The van der Waals surface area contributed by atoms with E-state index in [0.29, 0.717) is 0 Å². The Morgan fingerprint density at radius 1 is 0.549 bits per heavy atom. The highest BCUT2D eigenvalue weighted by Gasteiger charge is 2.41. The molecule has 7 aromatic carbocycles. The van der Waals surface area contributed by atoms with Crippen LogP contribution in [0, 0.1) is 0 Å². The van der Waals surface area contributed by atoms with E-state index >= 15 is 0 Å². The van der Waals surface area contributed by atoms with Crippen LogP contribution in [-0.4, -0.2) is 6.71 Å². The first-order valence-electron chi connectivity index (χ1n) is 17.9. The number of hydrogen-bond acceptors (Lipinski definition) is 4. The molecular weight excluding hydrogens is 625 g/mol. The summed E-state index contributed by atoms with van der Waals surface area (Å²) in [4.78, 5) is 2.43. The second-order valence-electron chi connectivity index (χ2n) is 13.8. The number of ether oxygens (including phenoxy) is 2. The van der Waals surface area contributed by atoms with Crippen LogP contribution in [0.15, 0.2) is 150 Å². The molecule has 0 spiro atoms. The summed E-state index contributed by atoms with van der Waals surface area (Å²) in [5.74, 6) is 3.38. The number of furan rings is 1. The minimum atomic E-state index is 0.00979. The smallest absolute Gasteiger partial charge is 0.260 e. The van der Waals surface area contributed by atoms with Crippen molar-refractivity contribution in [3.05, 3.63) is 157 Å². The van der Waals surface area contributed by atoms with Gasteiger partial charge in [0.25, 0.3) is 6.71 Å². The maximum atomic E-state index is 6.83. The monoisotopic (exact) mass is 657 g/mol. The lowest BCUT2D eigenvalue weighted by atomic mass is 9.35. The van der Waals surface area contributed by atoms with Gasteiger partial charge in [0.1, 0.15) is 28.6 Å². The third-order valence-electron chi connectivity index (χ3n) is 11.0. The largest absolute Gasteiger partial charge is 0.458 e. The minimum absolute atomic E-state index is 0.00979. The van der Waals surface area contributed by atoms with Gasteiger partial charge in [-0.2, -0.15) is 0 Å². The van der Waals surface area contributed by atoms with E-state index in [-0.39, 0.29) is 6.71 Å². The van der Waals surface area contributed by atoms with Crippen molar-refractivity contribution in [3.8, 4) is 34.1 Å². The minimum Gasteiger partial charge on any atom is -0.458 e. The fraction of sp³-hybridized carbons (Fsp3) is 0.0870. The van der Waals surface area contributed by atoms with E-state index in [9.17, 15) is 0 Å². The van der Waals surface area contributed by atoms with Crippen LogP contribution in [0.1, 0.15) is 24.0 Å². The van der Waals surface area contributed by atoms with Gasteiger partial charge in [-0.15, -0.1) is 0 Å². The summed E-state index contributed by atoms with van der Waals surface area (Å²) >= 11 is 0. The molecule has 51 heavy (non-hydrogen) atoms. The molecule has 11 rings (SSSR count). The summed E-state index contributed by atoms with van der Waals surface area (Å²) in [5, 5.41) is 2.20. The molecule has 1 aromatic heterocycles. The number of benzene rings is 7. The molecule has 0 saturated carbocycles. The van der Waals surface area contributed by atoms with Crippen LogP contribution in [0.25, 0.3) is 33.1 Å². The summed E-state index contributed by atoms with van der Waals surface area (Å²) < 4.78 is 20.5. The van der Waals surface area contributed by atoms with Crippen molar-refractivity contribution < 1.29 is 13.9 Å². The number of aryl methyl sites for hydroxylation is 1. The van der Waals surface area contributed by atoms with Gasteiger partial charge in [0.2, 0.25) is 0 Å². The molecule has 1 aliphatic carbocycles. The Morgan fingerprint density at radius 3 is 2.00 bits per heavy atom. The van der Waals surface area contributed by atoms with Gasteiger partial charge in [-0.25, -0.2) is 0 Å². The van der Waals surface area contributed by atoms with Crippen molar-refractivity contribution in [3.63, 3.8) is 0 Å². The number of fused-ring (bicyclic) bond motifs is 8. The SMILES string of the molecule is c1ccc(-c2ccc3c(c2N(c2cc4c5c(c2)Oc2ccccc2B5c2ccccc2O4)c2cccc4c2oc2ccccc24)CCCC3)cc1. The van der Waals surface area contributed by atoms with Crippen LogP contribution >= 0.6 is 0 Å². The van der Waals surface area contributed by atoms with E-state index < -0.39 is 0 Å². The van der Waals surface area contributed by atoms with E-state index in [4.69, 9.17) is 13.9 Å². The number of nitrogens with zero attached hydrogens (tertiary/aromatic N) is 1. The lowest BCUT2D eigenvalue weighted by Crippen LogP contribution is -2.57. The van der Waals surface area contributed by atoms with Gasteiger partial charge in [-0.1, -0.05) is 109 Å². The standard InChI is InChI=1S/C46H32BNO3/c1-2-13-29(14-3-1)33-26-25-30-15-4-5-16-32(30)45(33)48(38-21-12-18-35-34-17-6-9-22-39(34)51-46(35)38)31-27-42-44-43(28-31)50-41-24-11-8-20-37(41)47(44)36-19-7-10-23-40(36)49-42/h1-3,6-14,17-28H,4-5,15-16H2. The molecule has 4 nitrogen and oxygen atoms in total. The Bertz CT molecular complexity index is 2610. The van der Waals surface area contributed by atoms with Crippen LogP contribution in [0.3, 0.4) is 0 Å². The first-order chi connectivity index (χ1) is 25.3. The molecule has 0 atom stereocenters.